The number of thioether (sulfide) groups is 4. The quantitative estimate of drug-likeness (QED) is 0.0283. The smallest absolute Gasteiger partial charge is 0.407 e. The number of amides is 4. The van der Waals surface area contributed by atoms with E-state index in [4.69, 9.17) is 75.8 Å². The van der Waals surface area contributed by atoms with Crippen LogP contribution in [0.15, 0.2) is 101 Å². The second-order valence-corrected chi connectivity index (χ2v) is 28.3. The van der Waals surface area contributed by atoms with Gasteiger partial charge < -0.3 is 97.1 Å². The molecular formula is C69H96N4O32S4. The van der Waals surface area contributed by atoms with E-state index in [1.54, 1.807) is 0 Å². The van der Waals surface area contributed by atoms with Crippen molar-refractivity contribution in [2.75, 3.05) is 152 Å². The van der Waals surface area contributed by atoms with Crippen LogP contribution in [0.4, 0.5) is 19.2 Å². The van der Waals surface area contributed by atoms with Crippen LogP contribution in [0.1, 0.15) is 53.4 Å². The zero-order valence-corrected chi connectivity index (χ0v) is 64.5. The summed E-state index contributed by atoms with van der Waals surface area (Å²) in [6, 6.07) is 0. The Labute approximate surface area is 647 Å². The van der Waals surface area contributed by atoms with Crippen LogP contribution in [0.2, 0.25) is 0 Å². The number of hydrogen-bond acceptors (Lipinski definition) is 36. The maximum atomic E-state index is 13.5. The molecule has 0 bridgehead atoms. The highest BCUT2D eigenvalue weighted by atomic mass is 32.2. The summed E-state index contributed by atoms with van der Waals surface area (Å²) in [7, 11) is 0. The van der Waals surface area contributed by atoms with Gasteiger partial charge in [0.15, 0.2) is 0 Å². The molecule has 40 heteroatoms. The molecule has 36 nitrogen and oxygen atoms in total. The van der Waals surface area contributed by atoms with Gasteiger partial charge in [-0.25, -0.2) is 57.5 Å². The van der Waals surface area contributed by atoms with Gasteiger partial charge in [0.2, 0.25) is 0 Å². The van der Waals surface area contributed by atoms with Crippen molar-refractivity contribution in [2.24, 2.45) is 5.41 Å². The summed E-state index contributed by atoms with van der Waals surface area (Å²) in [5.74, 6) is -9.06. The predicted molar refractivity (Wildman–Crippen MR) is 395 cm³/mol. The molecule has 0 heterocycles. The largest absolute Gasteiger partial charge is 0.465 e. The molecule has 109 heavy (non-hydrogen) atoms. The Bertz CT molecular complexity index is 2640. The standard InChI is InChI=1S/C69H96N4O32S4/c1-13-49(74)94-37-65(9,38-95-50(75)14-2)70-61(86)90-25-33-106-29-21-57(82)102-45-69(46-103-58(83)22-30-107-34-26-91-62(87)71-66(10,39-96-51(76)15-3)40-97-52(77)16-4,47-104-59(84)23-31-108-35-27-92-63(88)72-67(11,41-98-53(78)17-5)42-99-54(79)18-6)48-105-60(85)24-32-109-36-28-93-64(89)73-68(12,43-100-55(80)19-7)44-101-56(81)20-8/h13-20H,1-8,21-48H2,9-12H3,(H,70,86)(H,71,87)(H,72,88)(H,73,89). The highest BCUT2D eigenvalue weighted by molar-refractivity contribution is 7.99. The Morgan fingerprint density at radius 1 is 0.239 bits per heavy atom. The fraction of sp³-hybridized carbons (Fsp3) is 0.536. The fourth-order valence-corrected chi connectivity index (χ4v) is 10.0. The van der Waals surface area contributed by atoms with Crippen LogP contribution < -0.4 is 21.3 Å². The maximum Gasteiger partial charge on any atom is 0.407 e. The second kappa shape index (κ2) is 56.3. The van der Waals surface area contributed by atoms with Gasteiger partial charge in [-0.1, -0.05) is 52.6 Å². The molecule has 0 spiro atoms. The van der Waals surface area contributed by atoms with E-state index in [1.807, 2.05) is 0 Å². The predicted octanol–water partition coefficient (Wildman–Crippen LogP) is 4.41. The summed E-state index contributed by atoms with van der Waals surface area (Å²) in [5.41, 5.74) is -7.60. The van der Waals surface area contributed by atoms with Crippen LogP contribution in [-0.4, -0.2) is 270 Å². The first-order chi connectivity index (χ1) is 51.6. The highest BCUT2D eigenvalue weighted by Crippen LogP contribution is 2.24. The van der Waals surface area contributed by atoms with Gasteiger partial charge >= 0.3 is 96.0 Å². The van der Waals surface area contributed by atoms with Crippen LogP contribution in [0.3, 0.4) is 0 Å². The zero-order chi connectivity index (χ0) is 82.2. The lowest BCUT2D eigenvalue weighted by molar-refractivity contribution is -0.170. The first-order valence-corrected chi connectivity index (χ1v) is 37.3. The molecule has 0 aliphatic carbocycles. The SMILES string of the molecule is C=CC(=O)OCC(C)(COC(=O)C=C)NC(=O)OCCSCCC(=O)OCC(COC(=O)CCSCCOC(=O)NC(C)(COC(=O)C=C)COC(=O)C=C)(COC(=O)CCSCCOC(=O)NC(C)(COC(=O)C=C)COC(=O)C=C)COC(=O)CCSCCOC(=O)NC(C)(COC(=O)C=C)COC(=O)C=C. The maximum absolute atomic E-state index is 13.5. The summed E-state index contributed by atoms with van der Waals surface area (Å²) >= 11 is 4.60. The van der Waals surface area contributed by atoms with Gasteiger partial charge in [-0.2, -0.15) is 47.0 Å². The number of rotatable bonds is 60. The third kappa shape index (κ3) is 50.3. The van der Waals surface area contributed by atoms with E-state index in [9.17, 15) is 76.7 Å². The molecule has 0 aromatic heterocycles. The Morgan fingerprint density at radius 2 is 0.394 bits per heavy atom. The van der Waals surface area contributed by atoms with Crippen molar-refractivity contribution in [3.05, 3.63) is 101 Å². The van der Waals surface area contributed by atoms with E-state index in [1.165, 1.54) is 27.7 Å². The Hall–Kier alpha value is -9.96. The third-order valence-electron chi connectivity index (χ3n) is 13.0. The van der Waals surface area contributed by atoms with Gasteiger partial charge in [0.1, 0.15) is 133 Å². The van der Waals surface area contributed by atoms with Crippen LogP contribution in [0.25, 0.3) is 0 Å². The average Bonchev–Trinajstić information content (AvgIpc) is 0.881. The number of alkyl carbamates (subject to hydrolysis) is 4. The third-order valence-corrected chi connectivity index (χ3v) is 16.8. The van der Waals surface area contributed by atoms with Crippen LogP contribution in [0.5, 0.6) is 0 Å². The molecule has 0 unspecified atom stereocenters. The van der Waals surface area contributed by atoms with Gasteiger partial charge in [-0.3, -0.25) is 19.2 Å². The Kier molecular flexibility index (Phi) is 51.2. The molecule has 0 aliphatic heterocycles. The molecule has 0 aromatic rings. The summed E-state index contributed by atoms with van der Waals surface area (Å²) < 4.78 is 84.1. The highest BCUT2D eigenvalue weighted by Gasteiger charge is 2.39. The molecule has 4 N–H and O–H groups in total. The first kappa shape index (κ1) is 99.0. The molecule has 0 saturated carbocycles. The van der Waals surface area contributed by atoms with Gasteiger partial charge in [0, 0.05) is 94.6 Å². The number of esters is 12. The van der Waals surface area contributed by atoms with E-state index in [0.29, 0.717) is 0 Å². The van der Waals surface area contributed by atoms with Crippen molar-refractivity contribution < 1.29 is 153 Å². The van der Waals surface area contributed by atoms with Gasteiger partial charge in [0.25, 0.3) is 0 Å². The molecule has 0 atom stereocenters. The van der Waals surface area contributed by atoms with E-state index < -0.39 is 203 Å². The molecule has 4 amide bonds. The normalized spacial score (nSPS) is 11.0. The summed E-state index contributed by atoms with van der Waals surface area (Å²) in [6.45, 7) is 25.0. The lowest BCUT2D eigenvalue weighted by Gasteiger charge is -2.31. The van der Waals surface area contributed by atoms with Gasteiger partial charge in [-0.15, -0.1) is 0 Å². The minimum absolute atomic E-state index is 0.0795. The fourth-order valence-electron chi connectivity index (χ4n) is 7.18. The van der Waals surface area contributed by atoms with Crippen molar-refractivity contribution in [1.29, 1.82) is 0 Å². The molecule has 0 rings (SSSR count). The Balaban J connectivity index is 6.62. The van der Waals surface area contributed by atoms with E-state index in [2.05, 4.69) is 73.9 Å². The first-order valence-electron chi connectivity index (χ1n) is 32.7. The molecule has 608 valence electrons. The second-order valence-electron chi connectivity index (χ2n) is 23.4. The summed E-state index contributed by atoms with van der Waals surface area (Å²) in [5, 5.41) is 9.90. The zero-order valence-electron chi connectivity index (χ0n) is 61.3. The molecular weight excluding hydrogens is 1530 g/mol. The van der Waals surface area contributed by atoms with E-state index in [0.717, 1.165) is 95.7 Å². The molecule has 0 fully saturated rings. The van der Waals surface area contributed by atoms with Crippen molar-refractivity contribution in [3.63, 3.8) is 0 Å². The van der Waals surface area contributed by atoms with E-state index in [-0.39, 0.29) is 98.1 Å². The number of carbonyl (C=O) groups is 16. The van der Waals surface area contributed by atoms with Crippen molar-refractivity contribution >= 4 is 143 Å². The number of ether oxygens (including phenoxy) is 16. The molecule has 0 saturated heterocycles. The van der Waals surface area contributed by atoms with E-state index >= 15 is 0 Å². The van der Waals surface area contributed by atoms with Crippen molar-refractivity contribution in [1.82, 2.24) is 21.3 Å². The van der Waals surface area contributed by atoms with Crippen LogP contribution >= 0.6 is 47.0 Å². The lowest BCUT2D eigenvalue weighted by Crippen LogP contribution is -2.53. The average molecular weight is 1620 g/mol. The summed E-state index contributed by atoms with van der Waals surface area (Å²) in [6.07, 6.45) is 2.10. The topological polar surface area (TPSA) is 469 Å². The van der Waals surface area contributed by atoms with Crippen molar-refractivity contribution in [3.8, 4) is 0 Å². The van der Waals surface area contributed by atoms with Crippen LogP contribution in [0, 0.1) is 5.41 Å². The van der Waals surface area contributed by atoms with Gasteiger partial charge in [-0.05, 0) is 27.7 Å². The monoisotopic (exact) mass is 1620 g/mol. The molecule has 0 aromatic carbocycles. The van der Waals surface area contributed by atoms with Crippen LogP contribution in [-0.2, 0) is 133 Å². The minimum Gasteiger partial charge on any atom is -0.465 e. The summed E-state index contributed by atoms with van der Waals surface area (Å²) in [4.78, 5) is 199. The molecule has 0 aliphatic rings. The van der Waals surface area contributed by atoms with Gasteiger partial charge in [0.05, 0.1) is 25.7 Å². The van der Waals surface area contributed by atoms with Crippen molar-refractivity contribution in [2.45, 2.75) is 75.5 Å². The molecule has 0 radical (unpaired) electrons. The minimum atomic E-state index is -1.81. The number of carbonyl (C=O) groups excluding carboxylic acids is 16. The Morgan fingerprint density at radius 3 is 0.541 bits per heavy atom. The number of hydrogen-bond donors (Lipinski definition) is 4. The number of nitrogens with one attached hydrogen (secondary N) is 4. The lowest BCUT2D eigenvalue weighted by atomic mass is 9.92.